The standard InChI is InChI=1S/C18H16BrN3O4S/c1-22-18(23)10-8-15(20-22)12-3-6-14(7-4-12)21-27(24,25)17-11-13(19)5-9-16(17)26-2/h3-11,21H,1-2H3. The van der Waals surface area contributed by atoms with Gasteiger partial charge >= 0.3 is 0 Å². The summed E-state index contributed by atoms with van der Waals surface area (Å²) in [6, 6.07) is 14.5. The van der Waals surface area contributed by atoms with E-state index in [9.17, 15) is 13.2 Å². The third-order valence-electron chi connectivity index (χ3n) is 3.81. The minimum Gasteiger partial charge on any atom is -0.495 e. The van der Waals surface area contributed by atoms with Gasteiger partial charge in [0.1, 0.15) is 10.6 Å². The SMILES string of the molecule is COc1ccc(Br)cc1S(=O)(=O)Nc1ccc(-c2ccc(=O)n(C)n2)cc1. The highest BCUT2D eigenvalue weighted by molar-refractivity contribution is 9.10. The van der Waals surface area contributed by atoms with Crippen molar-refractivity contribution in [3.8, 4) is 17.0 Å². The van der Waals surface area contributed by atoms with Crippen molar-refractivity contribution in [2.24, 2.45) is 7.05 Å². The molecule has 140 valence electrons. The molecule has 0 bridgehead atoms. The van der Waals surface area contributed by atoms with E-state index in [-0.39, 0.29) is 16.2 Å². The number of aryl methyl sites for hydroxylation is 1. The molecule has 1 heterocycles. The highest BCUT2D eigenvalue weighted by atomic mass is 79.9. The number of nitrogens with one attached hydrogen (secondary N) is 1. The summed E-state index contributed by atoms with van der Waals surface area (Å²) in [6.07, 6.45) is 0. The number of sulfonamides is 1. The summed E-state index contributed by atoms with van der Waals surface area (Å²) in [4.78, 5) is 11.5. The quantitative estimate of drug-likeness (QED) is 0.646. The number of hydrogen-bond donors (Lipinski definition) is 1. The van der Waals surface area contributed by atoms with Gasteiger partial charge in [-0.05, 0) is 36.4 Å². The van der Waals surface area contributed by atoms with Gasteiger partial charge in [0.25, 0.3) is 15.6 Å². The lowest BCUT2D eigenvalue weighted by atomic mass is 10.1. The topological polar surface area (TPSA) is 90.3 Å². The fraction of sp³-hybridized carbons (Fsp3) is 0.111. The first kappa shape index (κ1) is 19.1. The molecular weight excluding hydrogens is 434 g/mol. The molecule has 0 fully saturated rings. The smallest absolute Gasteiger partial charge is 0.266 e. The summed E-state index contributed by atoms with van der Waals surface area (Å²) in [6.45, 7) is 0. The average Bonchev–Trinajstić information content (AvgIpc) is 2.64. The first-order valence-corrected chi connectivity index (χ1v) is 10.1. The molecule has 0 unspecified atom stereocenters. The molecule has 0 aliphatic heterocycles. The molecule has 0 amide bonds. The summed E-state index contributed by atoms with van der Waals surface area (Å²) in [7, 11) is -0.851. The third kappa shape index (κ3) is 4.20. The maximum atomic E-state index is 12.7. The fourth-order valence-corrected chi connectivity index (χ4v) is 4.20. The Bertz CT molecular complexity index is 1140. The van der Waals surface area contributed by atoms with Crippen LogP contribution < -0.4 is 15.0 Å². The molecule has 0 atom stereocenters. The highest BCUT2D eigenvalue weighted by Crippen LogP contribution is 2.29. The maximum absolute atomic E-state index is 12.7. The Hall–Kier alpha value is -2.65. The predicted molar refractivity (Wildman–Crippen MR) is 106 cm³/mol. The van der Waals surface area contributed by atoms with E-state index in [1.165, 1.54) is 23.9 Å². The van der Waals surface area contributed by atoms with Crippen LogP contribution in [-0.2, 0) is 17.1 Å². The van der Waals surface area contributed by atoms with Gasteiger partial charge in [0.05, 0.1) is 12.8 Å². The van der Waals surface area contributed by atoms with Crippen molar-refractivity contribution in [1.29, 1.82) is 0 Å². The molecule has 0 spiro atoms. The number of ether oxygens (including phenoxy) is 1. The molecule has 0 aliphatic rings. The number of hydrogen-bond acceptors (Lipinski definition) is 5. The van der Waals surface area contributed by atoms with Crippen molar-refractivity contribution >= 4 is 31.6 Å². The van der Waals surface area contributed by atoms with E-state index in [0.29, 0.717) is 15.9 Å². The van der Waals surface area contributed by atoms with Crippen molar-refractivity contribution in [3.05, 3.63) is 69.4 Å². The molecule has 2 aromatic carbocycles. The number of benzene rings is 2. The molecule has 27 heavy (non-hydrogen) atoms. The lowest BCUT2D eigenvalue weighted by molar-refractivity contribution is 0.403. The van der Waals surface area contributed by atoms with Crippen LogP contribution in [0.2, 0.25) is 0 Å². The summed E-state index contributed by atoms with van der Waals surface area (Å²) in [5.41, 5.74) is 1.56. The number of rotatable bonds is 5. The zero-order valence-electron chi connectivity index (χ0n) is 14.5. The molecule has 9 heteroatoms. The Morgan fingerprint density at radius 2 is 1.78 bits per heavy atom. The van der Waals surface area contributed by atoms with E-state index < -0.39 is 10.0 Å². The molecule has 3 rings (SSSR count). The van der Waals surface area contributed by atoms with Crippen LogP contribution >= 0.6 is 15.9 Å². The Labute approximate surface area is 164 Å². The fourth-order valence-electron chi connectivity index (χ4n) is 2.44. The van der Waals surface area contributed by atoms with E-state index in [1.54, 1.807) is 49.5 Å². The lowest BCUT2D eigenvalue weighted by Gasteiger charge is -2.12. The minimum absolute atomic E-state index is 0.0307. The monoisotopic (exact) mass is 449 g/mol. The van der Waals surface area contributed by atoms with Gasteiger partial charge < -0.3 is 4.74 Å². The van der Waals surface area contributed by atoms with E-state index in [2.05, 4.69) is 25.8 Å². The number of methoxy groups -OCH3 is 1. The Balaban J connectivity index is 1.89. The van der Waals surface area contributed by atoms with Crippen molar-refractivity contribution in [2.45, 2.75) is 4.90 Å². The molecule has 3 aromatic rings. The second-order valence-corrected chi connectivity index (χ2v) is 8.22. The molecule has 0 saturated carbocycles. The minimum atomic E-state index is -3.83. The summed E-state index contributed by atoms with van der Waals surface area (Å²) in [5.74, 6) is 0.247. The number of halogens is 1. The van der Waals surface area contributed by atoms with Crippen LogP contribution in [0.25, 0.3) is 11.3 Å². The molecule has 1 aromatic heterocycles. The largest absolute Gasteiger partial charge is 0.495 e. The number of nitrogens with zero attached hydrogens (tertiary/aromatic N) is 2. The molecule has 0 aliphatic carbocycles. The van der Waals surface area contributed by atoms with Gasteiger partial charge in [-0.2, -0.15) is 5.10 Å². The van der Waals surface area contributed by atoms with Gasteiger partial charge in [0, 0.05) is 28.8 Å². The Morgan fingerprint density at radius 1 is 1.07 bits per heavy atom. The summed E-state index contributed by atoms with van der Waals surface area (Å²) < 4.78 is 35.0. The van der Waals surface area contributed by atoms with Gasteiger partial charge in [-0.1, -0.05) is 28.1 Å². The zero-order chi connectivity index (χ0) is 19.6. The summed E-state index contributed by atoms with van der Waals surface area (Å²) >= 11 is 3.27. The molecule has 1 N–H and O–H groups in total. The summed E-state index contributed by atoms with van der Waals surface area (Å²) in [5, 5.41) is 4.17. The van der Waals surface area contributed by atoms with Gasteiger partial charge in [-0.25, -0.2) is 13.1 Å². The van der Waals surface area contributed by atoms with E-state index in [1.807, 2.05) is 0 Å². The first-order chi connectivity index (χ1) is 12.8. The number of anilines is 1. The number of aromatic nitrogens is 2. The highest BCUT2D eigenvalue weighted by Gasteiger charge is 2.20. The second-order valence-electron chi connectivity index (χ2n) is 5.66. The van der Waals surface area contributed by atoms with Crippen LogP contribution in [-0.4, -0.2) is 25.3 Å². The third-order valence-corrected chi connectivity index (χ3v) is 5.70. The molecule has 0 saturated heterocycles. The van der Waals surface area contributed by atoms with E-state index >= 15 is 0 Å². The Morgan fingerprint density at radius 3 is 2.41 bits per heavy atom. The van der Waals surface area contributed by atoms with E-state index in [4.69, 9.17) is 4.74 Å². The van der Waals surface area contributed by atoms with Crippen molar-refractivity contribution < 1.29 is 13.2 Å². The average molecular weight is 450 g/mol. The van der Waals surface area contributed by atoms with Crippen LogP contribution in [0.4, 0.5) is 5.69 Å². The second kappa shape index (κ2) is 7.53. The van der Waals surface area contributed by atoms with Crippen LogP contribution in [0.1, 0.15) is 0 Å². The van der Waals surface area contributed by atoms with Crippen molar-refractivity contribution in [1.82, 2.24) is 9.78 Å². The van der Waals surface area contributed by atoms with Crippen molar-refractivity contribution in [2.75, 3.05) is 11.8 Å². The molecule has 7 nitrogen and oxygen atoms in total. The predicted octanol–water partition coefficient (Wildman–Crippen LogP) is 3.02. The molecule has 0 radical (unpaired) electrons. The van der Waals surface area contributed by atoms with Crippen LogP contribution in [0.5, 0.6) is 5.75 Å². The molecular formula is C18H16BrN3O4S. The van der Waals surface area contributed by atoms with Crippen molar-refractivity contribution in [3.63, 3.8) is 0 Å². The van der Waals surface area contributed by atoms with Gasteiger partial charge in [0.2, 0.25) is 0 Å². The van der Waals surface area contributed by atoms with Gasteiger partial charge in [-0.3, -0.25) is 9.52 Å². The van der Waals surface area contributed by atoms with E-state index in [0.717, 1.165) is 5.56 Å². The Kier molecular flexibility index (Phi) is 5.33. The van der Waals surface area contributed by atoms with Crippen LogP contribution in [0.15, 0.2) is 68.8 Å². The van der Waals surface area contributed by atoms with Crippen LogP contribution in [0.3, 0.4) is 0 Å². The lowest BCUT2D eigenvalue weighted by Crippen LogP contribution is -2.18. The van der Waals surface area contributed by atoms with Gasteiger partial charge in [0.15, 0.2) is 0 Å². The zero-order valence-corrected chi connectivity index (χ0v) is 16.9. The first-order valence-electron chi connectivity index (χ1n) is 7.81. The van der Waals surface area contributed by atoms with Crippen LogP contribution in [0, 0.1) is 0 Å². The van der Waals surface area contributed by atoms with Gasteiger partial charge in [-0.15, -0.1) is 0 Å². The normalized spacial score (nSPS) is 11.2. The maximum Gasteiger partial charge on any atom is 0.266 e.